The van der Waals surface area contributed by atoms with E-state index in [-0.39, 0.29) is 0 Å². The van der Waals surface area contributed by atoms with Crippen molar-refractivity contribution in [3.63, 3.8) is 0 Å². The molecule has 2 nitrogen and oxygen atoms in total. The van der Waals surface area contributed by atoms with Crippen molar-refractivity contribution in [2.75, 3.05) is 0 Å². The van der Waals surface area contributed by atoms with Gasteiger partial charge in [0.05, 0.1) is 0 Å². The fraction of sp³-hybridized carbons (Fsp3) is 0.938. The molecule has 1 amide bonds. The molecule has 3 rings (SSSR count). The summed E-state index contributed by atoms with van der Waals surface area (Å²) < 4.78 is 0. The van der Waals surface area contributed by atoms with Gasteiger partial charge in [0.1, 0.15) is 0 Å². The molecule has 0 aromatic carbocycles. The van der Waals surface area contributed by atoms with Crippen molar-refractivity contribution < 1.29 is 4.79 Å². The molecule has 0 spiro atoms. The summed E-state index contributed by atoms with van der Waals surface area (Å²) >= 11 is 0. The van der Waals surface area contributed by atoms with Crippen LogP contribution in [0.15, 0.2) is 0 Å². The van der Waals surface area contributed by atoms with E-state index < -0.39 is 0 Å². The van der Waals surface area contributed by atoms with Crippen molar-refractivity contribution in [2.45, 2.75) is 70.8 Å². The summed E-state index contributed by atoms with van der Waals surface area (Å²) in [5.74, 6) is 3.57. The Balaban J connectivity index is 1.47. The molecule has 3 fully saturated rings. The fourth-order valence-corrected chi connectivity index (χ4v) is 4.66. The van der Waals surface area contributed by atoms with E-state index >= 15 is 0 Å². The van der Waals surface area contributed by atoms with Gasteiger partial charge in [0.2, 0.25) is 5.91 Å². The molecule has 0 aromatic heterocycles. The first-order valence-electron chi connectivity index (χ1n) is 8.01. The Morgan fingerprint density at radius 1 is 1.11 bits per heavy atom. The van der Waals surface area contributed by atoms with Crippen molar-refractivity contribution in [3.8, 4) is 0 Å². The van der Waals surface area contributed by atoms with Gasteiger partial charge in [-0.05, 0) is 55.8 Å². The smallest absolute Gasteiger partial charge is 0.220 e. The fourth-order valence-electron chi connectivity index (χ4n) is 4.66. The maximum atomic E-state index is 12.2. The van der Waals surface area contributed by atoms with Gasteiger partial charge in [-0.1, -0.05) is 26.2 Å². The van der Waals surface area contributed by atoms with E-state index in [9.17, 15) is 4.79 Å². The number of carbonyl (C=O) groups is 1. The van der Waals surface area contributed by atoms with Crippen LogP contribution in [0.5, 0.6) is 0 Å². The zero-order valence-electron chi connectivity index (χ0n) is 11.7. The number of amides is 1. The summed E-state index contributed by atoms with van der Waals surface area (Å²) in [6, 6.07) is 0.463. The van der Waals surface area contributed by atoms with Crippen LogP contribution >= 0.6 is 0 Å². The molecule has 102 valence electrons. The Kier molecular flexibility index (Phi) is 3.63. The minimum atomic E-state index is 0.339. The third kappa shape index (κ3) is 2.57. The van der Waals surface area contributed by atoms with E-state index in [2.05, 4.69) is 12.2 Å². The van der Waals surface area contributed by atoms with Gasteiger partial charge >= 0.3 is 0 Å². The van der Waals surface area contributed by atoms with Crippen LogP contribution in [-0.4, -0.2) is 11.9 Å². The summed E-state index contributed by atoms with van der Waals surface area (Å²) in [5.41, 5.74) is 0. The maximum Gasteiger partial charge on any atom is 0.220 e. The minimum Gasteiger partial charge on any atom is -0.353 e. The molecule has 3 aliphatic rings. The van der Waals surface area contributed by atoms with E-state index in [4.69, 9.17) is 0 Å². The van der Waals surface area contributed by atoms with E-state index in [1.54, 1.807) is 0 Å². The topological polar surface area (TPSA) is 29.1 Å². The molecule has 5 unspecified atom stereocenters. The monoisotopic (exact) mass is 249 g/mol. The molecular formula is C16H27NO. The predicted molar refractivity (Wildman–Crippen MR) is 73.1 cm³/mol. The molecule has 5 atom stereocenters. The molecule has 0 radical (unpaired) electrons. The Morgan fingerprint density at radius 3 is 2.61 bits per heavy atom. The highest BCUT2D eigenvalue weighted by Crippen LogP contribution is 2.49. The second-order valence-corrected chi connectivity index (χ2v) is 7.07. The van der Waals surface area contributed by atoms with E-state index in [1.165, 1.54) is 51.4 Å². The average molecular weight is 249 g/mol. The number of carbonyl (C=O) groups excluding carboxylic acids is 1. The third-order valence-corrected chi connectivity index (χ3v) is 5.79. The summed E-state index contributed by atoms with van der Waals surface area (Å²) in [6.45, 7) is 2.29. The highest BCUT2D eigenvalue weighted by molar-refractivity contribution is 5.76. The van der Waals surface area contributed by atoms with Gasteiger partial charge < -0.3 is 5.32 Å². The Labute approximate surface area is 111 Å². The van der Waals surface area contributed by atoms with Crippen LogP contribution in [0.4, 0.5) is 0 Å². The molecule has 0 heterocycles. The second kappa shape index (κ2) is 5.22. The van der Waals surface area contributed by atoms with Gasteiger partial charge in [-0.25, -0.2) is 0 Å². The largest absolute Gasteiger partial charge is 0.353 e. The second-order valence-electron chi connectivity index (χ2n) is 7.07. The Bertz CT molecular complexity index is 308. The predicted octanol–water partition coefficient (Wildman–Crippen LogP) is 3.51. The minimum absolute atomic E-state index is 0.339. The summed E-state index contributed by atoms with van der Waals surface area (Å²) in [6.07, 6.45) is 11.5. The highest BCUT2D eigenvalue weighted by Gasteiger charge is 2.40. The standard InChI is InChI=1S/C16H27NO/c1-11-4-2-3-5-15(11)17-16(18)10-14-9-12-6-7-13(14)8-12/h11-15H,2-10H2,1H3,(H,17,18). The van der Waals surface area contributed by atoms with Crippen LogP contribution in [-0.2, 0) is 4.79 Å². The lowest BCUT2D eigenvalue weighted by Crippen LogP contribution is -2.41. The molecule has 2 heteroatoms. The Hall–Kier alpha value is -0.530. The van der Waals surface area contributed by atoms with Gasteiger partial charge in [0.25, 0.3) is 0 Å². The zero-order chi connectivity index (χ0) is 12.5. The number of fused-ring (bicyclic) bond motifs is 2. The van der Waals surface area contributed by atoms with Crippen molar-refractivity contribution in [1.29, 1.82) is 0 Å². The lowest BCUT2D eigenvalue weighted by atomic mass is 9.84. The average Bonchev–Trinajstić information content (AvgIpc) is 2.94. The number of hydrogen-bond donors (Lipinski definition) is 1. The van der Waals surface area contributed by atoms with E-state index in [0.29, 0.717) is 23.8 Å². The molecule has 3 saturated carbocycles. The number of nitrogens with one attached hydrogen (secondary N) is 1. The van der Waals surface area contributed by atoms with Crippen molar-refractivity contribution in [3.05, 3.63) is 0 Å². The molecule has 0 aliphatic heterocycles. The molecule has 3 aliphatic carbocycles. The molecule has 2 bridgehead atoms. The lowest BCUT2D eigenvalue weighted by Gasteiger charge is -2.30. The number of hydrogen-bond acceptors (Lipinski definition) is 1. The summed E-state index contributed by atoms with van der Waals surface area (Å²) in [5, 5.41) is 3.32. The van der Waals surface area contributed by atoms with Crippen LogP contribution in [0, 0.1) is 23.7 Å². The van der Waals surface area contributed by atoms with Crippen LogP contribution in [0.25, 0.3) is 0 Å². The van der Waals surface area contributed by atoms with Gasteiger partial charge in [0, 0.05) is 12.5 Å². The van der Waals surface area contributed by atoms with E-state index in [0.717, 1.165) is 18.3 Å². The molecule has 18 heavy (non-hydrogen) atoms. The van der Waals surface area contributed by atoms with Crippen molar-refractivity contribution >= 4 is 5.91 Å². The first kappa shape index (κ1) is 12.5. The zero-order valence-corrected chi connectivity index (χ0v) is 11.7. The van der Waals surface area contributed by atoms with Crippen LogP contribution in [0.3, 0.4) is 0 Å². The molecule has 1 N–H and O–H groups in total. The lowest BCUT2D eigenvalue weighted by molar-refractivity contribution is -0.123. The van der Waals surface area contributed by atoms with Gasteiger partial charge in [-0.2, -0.15) is 0 Å². The normalized spacial score (nSPS) is 43.1. The highest BCUT2D eigenvalue weighted by atomic mass is 16.1. The van der Waals surface area contributed by atoms with Gasteiger partial charge in [-0.3, -0.25) is 4.79 Å². The van der Waals surface area contributed by atoms with Crippen LogP contribution in [0.2, 0.25) is 0 Å². The molecule has 0 saturated heterocycles. The van der Waals surface area contributed by atoms with Crippen LogP contribution < -0.4 is 5.32 Å². The summed E-state index contributed by atoms with van der Waals surface area (Å²) in [7, 11) is 0. The van der Waals surface area contributed by atoms with Crippen LogP contribution in [0.1, 0.15) is 64.7 Å². The number of rotatable bonds is 3. The first-order valence-corrected chi connectivity index (χ1v) is 8.01. The van der Waals surface area contributed by atoms with Gasteiger partial charge in [-0.15, -0.1) is 0 Å². The first-order chi connectivity index (χ1) is 8.72. The van der Waals surface area contributed by atoms with Crippen molar-refractivity contribution in [2.24, 2.45) is 23.7 Å². The van der Waals surface area contributed by atoms with Gasteiger partial charge in [0.15, 0.2) is 0 Å². The SMILES string of the molecule is CC1CCCCC1NC(=O)CC1CC2CCC1C2. The molecular weight excluding hydrogens is 222 g/mol. The molecule has 0 aromatic rings. The summed E-state index contributed by atoms with van der Waals surface area (Å²) in [4.78, 5) is 12.2. The van der Waals surface area contributed by atoms with E-state index in [1.807, 2.05) is 0 Å². The Morgan fingerprint density at radius 2 is 1.94 bits per heavy atom. The third-order valence-electron chi connectivity index (χ3n) is 5.79. The quantitative estimate of drug-likeness (QED) is 0.815. The van der Waals surface area contributed by atoms with Crippen molar-refractivity contribution in [1.82, 2.24) is 5.32 Å². The maximum absolute atomic E-state index is 12.2.